The highest BCUT2D eigenvalue weighted by Gasteiger charge is 2.14. The first-order valence-electron chi connectivity index (χ1n) is 8.26. The lowest BCUT2D eigenvalue weighted by Crippen LogP contribution is -2.22. The lowest BCUT2D eigenvalue weighted by molar-refractivity contribution is -0.140. The van der Waals surface area contributed by atoms with Gasteiger partial charge in [-0.05, 0) is 36.4 Å². The van der Waals surface area contributed by atoms with Gasteiger partial charge in [0.1, 0.15) is 5.75 Å². The van der Waals surface area contributed by atoms with Crippen LogP contribution in [-0.4, -0.2) is 35.0 Å². The number of hydrogen-bond donors (Lipinski definition) is 0. The minimum absolute atomic E-state index is 0.0135. The number of fused-ring (bicyclic) bond motifs is 1. The Bertz CT molecular complexity index is 1040. The van der Waals surface area contributed by atoms with E-state index in [-0.39, 0.29) is 23.7 Å². The summed E-state index contributed by atoms with van der Waals surface area (Å²) < 4.78 is 35.1. The van der Waals surface area contributed by atoms with E-state index in [0.29, 0.717) is 27.5 Å². The van der Waals surface area contributed by atoms with E-state index in [2.05, 4.69) is 14.5 Å². The molecule has 0 bridgehead atoms. The Morgan fingerprint density at radius 1 is 1.18 bits per heavy atom. The van der Waals surface area contributed by atoms with Crippen LogP contribution in [0.2, 0.25) is 0 Å². The molecule has 0 unspecified atom stereocenters. The number of thioether (sulfide) groups is 1. The number of nitrogens with zero attached hydrogens (tertiary/aromatic N) is 2. The fourth-order valence-electron chi connectivity index (χ4n) is 2.54. The van der Waals surface area contributed by atoms with Gasteiger partial charge in [0, 0.05) is 5.75 Å². The van der Waals surface area contributed by atoms with Crippen LogP contribution >= 0.6 is 11.8 Å². The summed E-state index contributed by atoms with van der Waals surface area (Å²) in [6.07, 6.45) is 0.158. The van der Waals surface area contributed by atoms with Gasteiger partial charge in [0.05, 0.1) is 30.1 Å². The number of ether oxygens (including phenoxy) is 2. The van der Waals surface area contributed by atoms with Crippen LogP contribution < -0.4 is 10.3 Å². The molecule has 0 aliphatic heterocycles. The number of alkyl halides is 2. The number of halogens is 2. The van der Waals surface area contributed by atoms with Crippen LogP contribution in [0.15, 0.2) is 58.5 Å². The largest absolute Gasteiger partial charge is 0.469 e. The zero-order chi connectivity index (χ0) is 20.1. The second-order valence-electron chi connectivity index (χ2n) is 5.60. The second kappa shape index (κ2) is 8.83. The molecule has 9 heteroatoms. The normalized spacial score (nSPS) is 11.0. The molecule has 1 aromatic heterocycles. The minimum atomic E-state index is -2.93. The zero-order valence-electron chi connectivity index (χ0n) is 14.8. The second-order valence-corrected chi connectivity index (χ2v) is 6.66. The van der Waals surface area contributed by atoms with E-state index in [0.717, 1.165) is 0 Å². The monoisotopic (exact) mass is 406 g/mol. The standard InChI is InChI=1S/C19H16F2N2O4S/c1-26-16(24)10-11-28-19-22-15-5-3-2-4-14(15)17(25)23(19)12-6-8-13(9-7-12)27-18(20)21/h2-9,18H,10-11H2,1H3. The molecule has 146 valence electrons. The third kappa shape index (κ3) is 4.48. The predicted octanol–water partition coefficient (Wildman–Crippen LogP) is 3.64. The zero-order valence-corrected chi connectivity index (χ0v) is 15.6. The Labute approximate surface area is 163 Å². The number of aromatic nitrogens is 2. The molecule has 0 N–H and O–H groups in total. The van der Waals surface area contributed by atoms with Crippen molar-refractivity contribution < 1.29 is 23.0 Å². The van der Waals surface area contributed by atoms with E-state index in [4.69, 9.17) is 0 Å². The van der Waals surface area contributed by atoms with Crippen molar-refractivity contribution in [2.75, 3.05) is 12.9 Å². The van der Waals surface area contributed by atoms with Gasteiger partial charge in [-0.2, -0.15) is 8.78 Å². The number of esters is 1. The summed E-state index contributed by atoms with van der Waals surface area (Å²) in [7, 11) is 1.31. The SMILES string of the molecule is COC(=O)CCSc1nc2ccccc2c(=O)n1-c1ccc(OC(F)F)cc1. The summed E-state index contributed by atoms with van der Waals surface area (Å²) in [5.41, 5.74) is 0.682. The number of rotatable bonds is 7. The van der Waals surface area contributed by atoms with Gasteiger partial charge in [-0.15, -0.1) is 0 Å². The highest BCUT2D eigenvalue weighted by molar-refractivity contribution is 7.99. The summed E-state index contributed by atoms with van der Waals surface area (Å²) in [4.78, 5) is 28.9. The van der Waals surface area contributed by atoms with Crippen molar-refractivity contribution in [1.82, 2.24) is 9.55 Å². The number of benzene rings is 2. The van der Waals surface area contributed by atoms with Crippen molar-refractivity contribution >= 4 is 28.6 Å². The highest BCUT2D eigenvalue weighted by atomic mass is 32.2. The molecule has 0 saturated heterocycles. The molecule has 0 spiro atoms. The van der Waals surface area contributed by atoms with Crippen molar-refractivity contribution in [3.63, 3.8) is 0 Å². The molecule has 2 aromatic carbocycles. The first-order chi connectivity index (χ1) is 13.5. The molecule has 1 heterocycles. The van der Waals surface area contributed by atoms with Crippen LogP contribution in [0.5, 0.6) is 5.75 Å². The fraction of sp³-hybridized carbons (Fsp3) is 0.211. The van der Waals surface area contributed by atoms with E-state index in [9.17, 15) is 18.4 Å². The van der Waals surface area contributed by atoms with Gasteiger partial charge in [-0.3, -0.25) is 14.2 Å². The molecule has 0 aliphatic rings. The van der Waals surface area contributed by atoms with E-state index < -0.39 is 6.61 Å². The fourth-order valence-corrected chi connectivity index (χ4v) is 3.47. The van der Waals surface area contributed by atoms with Crippen molar-refractivity contribution in [3.05, 3.63) is 58.9 Å². The molecule has 3 rings (SSSR count). The van der Waals surface area contributed by atoms with Gasteiger partial charge in [0.15, 0.2) is 5.16 Å². The molecule has 0 atom stereocenters. The molecule has 28 heavy (non-hydrogen) atoms. The van der Waals surface area contributed by atoms with Gasteiger partial charge >= 0.3 is 12.6 Å². The topological polar surface area (TPSA) is 70.4 Å². The van der Waals surface area contributed by atoms with Crippen LogP contribution in [-0.2, 0) is 9.53 Å². The van der Waals surface area contributed by atoms with Crippen molar-refractivity contribution in [3.8, 4) is 11.4 Å². The lowest BCUT2D eigenvalue weighted by Gasteiger charge is -2.13. The number of carbonyl (C=O) groups excluding carboxylic acids is 1. The average Bonchev–Trinajstić information content (AvgIpc) is 2.68. The van der Waals surface area contributed by atoms with E-state index in [1.807, 2.05) is 0 Å². The summed E-state index contributed by atoms with van der Waals surface area (Å²) >= 11 is 1.23. The molecule has 3 aromatic rings. The van der Waals surface area contributed by atoms with Gasteiger partial charge in [-0.1, -0.05) is 23.9 Å². The van der Waals surface area contributed by atoms with Crippen molar-refractivity contribution in [2.45, 2.75) is 18.2 Å². The number of methoxy groups -OCH3 is 1. The highest BCUT2D eigenvalue weighted by Crippen LogP contribution is 2.24. The molecule has 6 nitrogen and oxygen atoms in total. The Kier molecular flexibility index (Phi) is 6.25. The van der Waals surface area contributed by atoms with Gasteiger partial charge in [0.2, 0.25) is 0 Å². The van der Waals surface area contributed by atoms with Crippen LogP contribution in [0.1, 0.15) is 6.42 Å². The molecule has 0 aliphatic carbocycles. The molecule has 0 saturated carbocycles. The summed E-state index contributed by atoms with van der Waals surface area (Å²) in [5.74, 6) is -0.0135. The van der Waals surface area contributed by atoms with E-state index in [1.54, 1.807) is 24.3 Å². The average molecular weight is 406 g/mol. The van der Waals surface area contributed by atoms with Crippen molar-refractivity contribution in [1.29, 1.82) is 0 Å². The maximum Gasteiger partial charge on any atom is 0.387 e. The minimum Gasteiger partial charge on any atom is -0.469 e. The maximum atomic E-state index is 13.0. The quantitative estimate of drug-likeness (QED) is 0.339. The smallest absolute Gasteiger partial charge is 0.387 e. The van der Waals surface area contributed by atoms with E-state index in [1.165, 1.54) is 47.7 Å². The molecule has 0 radical (unpaired) electrons. The Hall–Kier alpha value is -2.94. The molecular weight excluding hydrogens is 390 g/mol. The molecular formula is C19H16F2N2O4S. The Morgan fingerprint density at radius 3 is 2.57 bits per heavy atom. The van der Waals surface area contributed by atoms with Crippen LogP contribution in [0, 0.1) is 0 Å². The van der Waals surface area contributed by atoms with Crippen molar-refractivity contribution in [2.24, 2.45) is 0 Å². The van der Waals surface area contributed by atoms with E-state index >= 15 is 0 Å². The van der Waals surface area contributed by atoms with Gasteiger partial charge < -0.3 is 9.47 Å². The molecule has 0 amide bonds. The maximum absolute atomic E-state index is 13.0. The summed E-state index contributed by atoms with van der Waals surface area (Å²) in [6.45, 7) is -2.93. The first kappa shape index (κ1) is 19.8. The van der Waals surface area contributed by atoms with Crippen LogP contribution in [0.3, 0.4) is 0 Å². The van der Waals surface area contributed by atoms with Gasteiger partial charge in [0.25, 0.3) is 5.56 Å². The Balaban J connectivity index is 2.03. The number of carbonyl (C=O) groups is 1. The third-order valence-corrected chi connectivity index (χ3v) is 4.77. The third-order valence-electron chi connectivity index (χ3n) is 3.83. The predicted molar refractivity (Wildman–Crippen MR) is 101 cm³/mol. The van der Waals surface area contributed by atoms with Gasteiger partial charge in [-0.25, -0.2) is 4.98 Å². The summed E-state index contributed by atoms with van der Waals surface area (Å²) in [6, 6.07) is 12.6. The first-order valence-corrected chi connectivity index (χ1v) is 9.25. The van der Waals surface area contributed by atoms with Crippen LogP contribution in [0.4, 0.5) is 8.78 Å². The Morgan fingerprint density at radius 2 is 1.89 bits per heavy atom. The van der Waals surface area contributed by atoms with Crippen LogP contribution in [0.25, 0.3) is 16.6 Å². The summed E-state index contributed by atoms with van der Waals surface area (Å²) in [5, 5.41) is 0.808. The number of hydrogen-bond acceptors (Lipinski definition) is 6. The number of para-hydroxylation sites is 1. The molecule has 0 fully saturated rings. The lowest BCUT2D eigenvalue weighted by atomic mass is 10.2.